The molecule has 14 heteroatoms. The molecule has 2 aromatic carbocycles. The highest BCUT2D eigenvalue weighted by Crippen LogP contribution is 2.24. The zero-order chi connectivity index (χ0) is 38.2. The van der Waals surface area contributed by atoms with Gasteiger partial charge < -0.3 is 38.7 Å². The summed E-state index contributed by atoms with van der Waals surface area (Å²) in [7, 11) is 4.05. The summed E-state index contributed by atoms with van der Waals surface area (Å²) in [5.74, 6) is -1.09. The minimum Gasteiger partial charge on any atom is -1.00 e. The van der Waals surface area contributed by atoms with Crippen molar-refractivity contribution < 1.29 is 67.0 Å². The van der Waals surface area contributed by atoms with Crippen molar-refractivity contribution in [2.45, 2.75) is 20.3 Å². The van der Waals surface area contributed by atoms with Crippen molar-refractivity contribution in [2.75, 3.05) is 11.6 Å². The Morgan fingerprint density at radius 1 is 0.782 bits per heavy atom. The Morgan fingerprint density at radius 3 is 1.78 bits per heavy atom. The van der Waals surface area contributed by atoms with E-state index in [4.69, 9.17) is 14.3 Å². The molecule has 4 heterocycles. The van der Waals surface area contributed by atoms with Crippen LogP contribution in [0.2, 0.25) is 0 Å². The second kappa shape index (κ2) is 22.9. The third kappa shape index (κ3) is 12.2. The Kier molecular flexibility index (Phi) is 18.7. The maximum atomic E-state index is 13.0. The van der Waals surface area contributed by atoms with Crippen LogP contribution in [-0.4, -0.2) is 40.1 Å². The van der Waals surface area contributed by atoms with Crippen molar-refractivity contribution in [1.29, 1.82) is 0 Å². The predicted molar refractivity (Wildman–Crippen MR) is 199 cm³/mol. The number of aryl methyl sites for hydroxylation is 3. The molecule has 284 valence electrons. The van der Waals surface area contributed by atoms with Crippen LogP contribution in [0.5, 0.6) is 0 Å². The summed E-state index contributed by atoms with van der Waals surface area (Å²) >= 11 is 0. The van der Waals surface area contributed by atoms with Crippen LogP contribution < -0.4 is 53.7 Å². The van der Waals surface area contributed by atoms with Gasteiger partial charge in [-0.1, -0.05) is 61.5 Å². The zero-order valence-electron chi connectivity index (χ0n) is 30.6. The molecule has 0 unspecified atom stereocenters. The molecule has 1 aliphatic heterocycles. The van der Waals surface area contributed by atoms with Crippen molar-refractivity contribution in [3.63, 3.8) is 0 Å². The molecule has 0 saturated heterocycles. The number of nitrogens with zero attached hydrogens (tertiary/aromatic N) is 5. The number of hydrazone groups is 1. The molecule has 55 heavy (non-hydrogen) atoms. The number of benzene rings is 2. The number of nitrogens with one attached hydrogen (secondary N) is 1. The van der Waals surface area contributed by atoms with Crippen LogP contribution in [0, 0.1) is 0 Å². The lowest BCUT2D eigenvalue weighted by Crippen LogP contribution is -3.00. The van der Waals surface area contributed by atoms with Crippen molar-refractivity contribution in [3.05, 3.63) is 161 Å². The van der Waals surface area contributed by atoms with Gasteiger partial charge in [-0.25, -0.2) is 18.6 Å². The van der Waals surface area contributed by atoms with Gasteiger partial charge in [0.15, 0.2) is 30.5 Å². The monoisotopic (exact) mass is 870 g/mol. The summed E-state index contributed by atoms with van der Waals surface area (Å²) < 4.78 is 10.7. The summed E-state index contributed by atoms with van der Waals surface area (Å²) in [6.45, 7) is 3.83. The molecule has 0 atom stereocenters. The number of amides is 1. The first-order valence-corrected chi connectivity index (χ1v) is 16.7. The smallest absolute Gasteiger partial charge is 0.373 e. The summed E-state index contributed by atoms with van der Waals surface area (Å²) in [6, 6.07) is 26.7. The number of carbonyl (C=O) groups is 2. The Morgan fingerprint density at radius 2 is 1.29 bits per heavy atom. The van der Waals surface area contributed by atoms with Crippen LogP contribution in [0.4, 0.5) is 5.69 Å². The van der Waals surface area contributed by atoms with Crippen molar-refractivity contribution in [3.8, 4) is 16.8 Å². The maximum Gasteiger partial charge on any atom is 0.373 e. The maximum absolute atomic E-state index is 13.0. The summed E-state index contributed by atoms with van der Waals surface area (Å²) in [4.78, 5) is 54.6. The van der Waals surface area contributed by atoms with E-state index in [1.54, 1.807) is 55.5 Å². The Labute approximate surface area is 339 Å². The molecular weight excluding hydrogens is 832 g/mol. The van der Waals surface area contributed by atoms with Gasteiger partial charge in [0.05, 0.1) is 29.1 Å². The summed E-state index contributed by atoms with van der Waals surface area (Å²) in [5.41, 5.74) is 5.10. The fraction of sp³-hybridized carbons (Fsp3) is 0.146. The Balaban J connectivity index is 0.000000459. The number of aromatic nitrogens is 4. The standard InChI is InChI=1S/C28H26N4O4.C12H14N2.CO2.2BrH/c1-3-24-22(26(33)31(29-24)20-14-8-5-9-15-20)18-12-7-13-19-23-25(28(35)36-4-2)30-32(27(23)34)21-16-10-6-11-17-21;1-13-7-3-11(4-8-13)12-5-9-14(2)10-6-12;2-1-3;;/h5-19,29H,3-4H2,1-2H3;3-10H,1-2H3;;2*1H/q;+2;;;/p-2. The van der Waals surface area contributed by atoms with Gasteiger partial charge in [0, 0.05) is 30.0 Å². The van der Waals surface area contributed by atoms with Crippen LogP contribution in [0.1, 0.15) is 25.1 Å². The lowest BCUT2D eigenvalue weighted by molar-refractivity contribution is -0.671. The van der Waals surface area contributed by atoms with E-state index in [2.05, 4.69) is 59.3 Å². The second-order valence-electron chi connectivity index (χ2n) is 11.4. The number of H-pyrrole nitrogens is 1. The van der Waals surface area contributed by atoms with Gasteiger partial charge in [0.2, 0.25) is 0 Å². The molecule has 0 radical (unpaired) electrons. The number of carbonyl (C=O) groups excluding carboxylic acids is 4. The molecule has 0 spiro atoms. The van der Waals surface area contributed by atoms with Crippen LogP contribution in [-0.2, 0) is 44.4 Å². The van der Waals surface area contributed by atoms with Gasteiger partial charge in [-0.05, 0) is 60.9 Å². The van der Waals surface area contributed by atoms with Gasteiger partial charge in [-0.15, -0.1) is 0 Å². The molecule has 0 saturated carbocycles. The number of pyridine rings is 2. The van der Waals surface area contributed by atoms with E-state index in [1.807, 2.05) is 66.6 Å². The number of para-hydroxylation sites is 2. The largest absolute Gasteiger partial charge is 1.00 e. The lowest BCUT2D eigenvalue weighted by atomic mass is 10.1. The third-order valence-corrected chi connectivity index (χ3v) is 7.76. The van der Waals surface area contributed by atoms with E-state index >= 15 is 0 Å². The van der Waals surface area contributed by atoms with Crippen molar-refractivity contribution in [2.24, 2.45) is 19.2 Å². The van der Waals surface area contributed by atoms with E-state index in [0.29, 0.717) is 17.7 Å². The molecule has 12 nitrogen and oxygen atoms in total. The zero-order valence-corrected chi connectivity index (χ0v) is 33.8. The molecule has 1 amide bonds. The Hall–Kier alpha value is -6.08. The molecule has 0 bridgehead atoms. The Bertz CT molecular complexity index is 2180. The molecular formula is C41H40Br2N6O6. The third-order valence-electron chi connectivity index (χ3n) is 7.76. The molecule has 5 aromatic rings. The molecule has 0 aliphatic carbocycles. The van der Waals surface area contributed by atoms with Gasteiger partial charge in [0.1, 0.15) is 14.1 Å². The minimum atomic E-state index is -0.666. The van der Waals surface area contributed by atoms with Crippen LogP contribution in [0.3, 0.4) is 0 Å². The number of hydrogen-bond acceptors (Lipinski definition) is 7. The average Bonchev–Trinajstić information content (AvgIpc) is 3.68. The average molecular weight is 873 g/mol. The number of allylic oxidation sites excluding steroid dienone is 4. The van der Waals surface area contributed by atoms with Gasteiger partial charge in [-0.3, -0.25) is 14.7 Å². The van der Waals surface area contributed by atoms with Gasteiger partial charge >= 0.3 is 12.1 Å². The van der Waals surface area contributed by atoms with Crippen molar-refractivity contribution in [1.82, 2.24) is 9.78 Å². The minimum absolute atomic E-state index is 0. The highest BCUT2D eigenvalue weighted by molar-refractivity contribution is 6.53. The highest BCUT2D eigenvalue weighted by atomic mass is 79.9. The van der Waals surface area contributed by atoms with E-state index in [-0.39, 0.29) is 63.6 Å². The number of anilines is 1. The SMILES string of the molecule is CCOC(=O)C1=NN(c2ccccc2)C(=O)C1=CC=CC=Cc1c(CC)[nH]n(-c2ccccc2)c1=O.C[n+]1ccc(-c2cc[n+](C)cc2)cc1.O=C=O.[Br-].[Br-]. The summed E-state index contributed by atoms with van der Waals surface area (Å²) in [5, 5.41) is 8.55. The number of rotatable bonds is 9. The molecule has 1 N–H and O–H groups in total. The first-order valence-electron chi connectivity index (χ1n) is 16.7. The number of esters is 1. The van der Waals surface area contributed by atoms with E-state index in [1.165, 1.54) is 26.9 Å². The fourth-order valence-electron chi connectivity index (χ4n) is 5.11. The van der Waals surface area contributed by atoms with Crippen molar-refractivity contribution >= 4 is 35.5 Å². The fourth-order valence-corrected chi connectivity index (χ4v) is 5.11. The highest BCUT2D eigenvalue weighted by Gasteiger charge is 2.35. The van der Waals surface area contributed by atoms with Crippen LogP contribution in [0.15, 0.2) is 149 Å². The molecule has 3 aromatic heterocycles. The number of hydrogen-bond donors (Lipinski definition) is 1. The van der Waals surface area contributed by atoms with E-state index in [9.17, 15) is 14.4 Å². The number of aromatic amines is 1. The molecule has 6 rings (SSSR count). The molecule has 0 fully saturated rings. The first-order chi connectivity index (χ1) is 25.7. The topological polar surface area (TPSA) is 139 Å². The van der Waals surface area contributed by atoms with Crippen LogP contribution >= 0.6 is 0 Å². The van der Waals surface area contributed by atoms with E-state index in [0.717, 1.165) is 11.4 Å². The van der Waals surface area contributed by atoms with Crippen LogP contribution in [0.25, 0.3) is 22.9 Å². The normalized spacial score (nSPS) is 12.4. The van der Waals surface area contributed by atoms with E-state index < -0.39 is 11.9 Å². The quantitative estimate of drug-likeness (QED) is 0.0840. The lowest BCUT2D eigenvalue weighted by Gasteiger charge is -2.10. The number of ether oxygens (including phenoxy) is 1. The predicted octanol–water partition coefficient (Wildman–Crippen LogP) is -1.38. The second-order valence-corrected chi connectivity index (χ2v) is 11.4. The number of halogens is 2. The van der Waals surface area contributed by atoms with Gasteiger partial charge in [-0.2, -0.15) is 19.7 Å². The van der Waals surface area contributed by atoms with Gasteiger partial charge in [0.25, 0.3) is 11.5 Å². The first kappa shape index (κ1) is 45.1. The summed E-state index contributed by atoms with van der Waals surface area (Å²) in [6.07, 6.45) is 17.4. The molecule has 1 aliphatic rings.